The number of hydrogen-bond acceptors (Lipinski definition) is 3. The van der Waals surface area contributed by atoms with Gasteiger partial charge in [-0.2, -0.15) is 0 Å². The summed E-state index contributed by atoms with van der Waals surface area (Å²) in [6.07, 6.45) is 1.54. The van der Waals surface area contributed by atoms with Crippen LogP contribution in [0.25, 0.3) is 0 Å². The maximum Gasteiger partial charge on any atom is 0.305 e. The van der Waals surface area contributed by atoms with Crippen molar-refractivity contribution >= 4 is 17.0 Å². The lowest BCUT2D eigenvalue weighted by Crippen LogP contribution is -2.46. The first-order valence-corrected chi connectivity index (χ1v) is 5.52. The van der Waals surface area contributed by atoms with Gasteiger partial charge >= 0.3 is 5.97 Å². The predicted molar refractivity (Wildman–Crippen MR) is 47.6 cm³/mol. The number of aliphatic carboxylic acids is 1. The van der Waals surface area contributed by atoms with Crippen LogP contribution >= 0.6 is 0 Å². The minimum absolute atomic E-state index is 0.0143. The molecule has 1 N–H and O–H groups in total. The van der Waals surface area contributed by atoms with Crippen molar-refractivity contribution in [2.75, 3.05) is 26.0 Å². The highest BCUT2D eigenvalue weighted by Crippen LogP contribution is 2.11. The van der Waals surface area contributed by atoms with Crippen LogP contribution in [0.4, 0.5) is 0 Å². The van der Waals surface area contributed by atoms with Crippen LogP contribution in [0.3, 0.4) is 0 Å². The summed E-state index contributed by atoms with van der Waals surface area (Å²) in [5.41, 5.74) is 0. The maximum atomic E-state index is 11.2. The van der Waals surface area contributed by atoms with E-state index in [9.17, 15) is 9.00 Å². The van der Waals surface area contributed by atoms with Gasteiger partial charge in [-0.1, -0.05) is 0 Å². The van der Waals surface area contributed by atoms with Crippen molar-refractivity contribution in [1.82, 2.24) is 4.31 Å². The van der Waals surface area contributed by atoms with Crippen LogP contribution in [0.1, 0.15) is 6.42 Å². The zero-order chi connectivity index (χ0) is 9.84. The molecule has 2 atom stereocenters. The molecule has 0 spiro atoms. The molecule has 1 fully saturated rings. The molecular formula is C7H13NO4S. The average molecular weight is 207 g/mol. The van der Waals surface area contributed by atoms with E-state index in [-0.39, 0.29) is 12.5 Å². The van der Waals surface area contributed by atoms with Gasteiger partial charge < -0.3 is 9.84 Å². The summed E-state index contributed by atoms with van der Waals surface area (Å²) in [7, 11) is -1.11. The van der Waals surface area contributed by atoms with Crippen LogP contribution < -0.4 is 0 Å². The Labute approximate surface area is 79.3 Å². The third-order valence-corrected chi connectivity index (χ3v) is 3.06. The highest BCUT2D eigenvalue weighted by Gasteiger charge is 2.27. The molecule has 76 valence electrons. The zero-order valence-electron chi connectivity index (χ0n) is 7.43. The molecule has 13 heavy (non-hydrogen) atoms. The summed E-state index contributed by atoms with van der Waals surface area (Å²) in [5.74, 6) is -0.883. The maximum absolute atomic E-state index is 11.2. The minimum Gasteiger partial charge on any atom is -0.481 e. The Kier molecular flexibility index (Phi) is 3.83. The van der Waals surface area contributed by atoms with Crippen molar-refractivity contribution < 1.29 is 18.8 Å². The topological polar surface area (TPSA) is 66.8 Å². The molecule has 1 heterocycles. The van der Waals surface area contributed by atoms with E-state index in [0.29, 0.717) is 19.8 Å². The number of nitrogens with zero attached hydrogens (tertiary/aromatic N) is 1. The summed E-state index contributed by atoms with van der Waals surface area (Å²) in [6.45, 7) is 1.42. The molecule has 1 saturated heterocycles. The summed E-state index contributed by atoms with van der Waals surface area (Å²) >= 11 is 0. The number of ether oxygens (including phenoxy) is 1. The van der Waals surface area contributed by atoms with E-state index in [1.54, 1.807) is 10.6 Å². The predicted octanol–water partition coefficient (Wildman–Crippen LogP) is -0.545. The van der Waals surface area contributed by atoms with Gasteiger partial charge in [0.2, 0.25) is 0 Å². The monoisotopic (exact) mass is 207 g/mol. The standard InChI is InChI=1S/C7H13NO4S/c1-13(11)8-2-3-12-5-6(8)4-7(9)10/h6H,2-5H2,1H3,(H,9,10). The van der Waals surface area contributed by atoms with E-state index in [4.69, 9.17) is 9.84 Å². The largest absolute Gasteiger partial charge is 0.481 e. The van der Waals surface area contributed by atoms with E-state index >= 15 is 0 Å². The number of morpholine rings is 1. The number of carbonyl (C=O) groups is 1. The molecule has 5 nitrogen and oxygen atoms in total. The van der Waals surface area contributed by atoms with Gasteiger partial charge in [0.1, 0.15) is 0 Å². The second-order valence-electron chi connectivity index (χ2n) is 2.89. The number of carboxylic acid groups (broad SMARTS) is 1. The molecule has 2 unspecified atom stereocenters. The molecule has 0 aromatic carbocycles. The second-order valence-corrected chi connectivity index (χ2v) is 4.21. The highest BCUT2D eigenvalue weighted by atomic mass is 32.2. The number of carboxylic acids is 1. The van der Waals surface area contributed by atoms with Crippen molar-refractivity contribution in [1.29, 1.82) is 0 Å². The fraction of sp³-hybridized carbons (Fsp3) is 0.857. The van der Waals surface area contributed by atoms with Gasteiger partial charge in [0.25, 0.3) is 0 Å². The molecular weight excluding hydrogens is 194 g/mol. The van der Waals surface area contributed by atoms with Gasteiger partial charge in [-0.15, -0.1) is 0 Å². The average Bonchev–Trinajstić information content (AvgIpc) is 2.03. The molecule has 1 aliphatic rings. The van der Waals surface area contributed by atoms with Crippen molar-refractivity contribution in [3.63, 3.8) is 0 Å². The highest BCUT2D eigenvalue weighted by molar-refractivity contribution is 7.81. The van der Waals surface area contributed by atoms with Crippen LogP contribution in [-0.4, -0.2) is 51.6 Å². The van der Waals surface area contributed by atoms with Crippen molar-refractivity contribution in [2.24, 2.45) is 0 Å². The lowest BCUT2D eigenvalue weighted by atomic mass is 10.2. The molecule has 0 aromatic rings. The van der Waals surface area contributed by atoms with E-state index < -0.39 is 17.0 Å². The minimum atomic E-state index is -1.11. The van der Waals surface area contributed by atoms with Gasteiger partial charge in [-0.3, -0.25) is 4.79 Å². The second kappa shape index (κ2) is 4.69. The molecule has 0 aromatic heterocycles. The third kappa shape index (κ3) is 3.06. The molecule has 6 heteroatoms. The Morgan fingerprint density at radius 2 is 2.46 bits per heavy atom. The zero-order valence-corrected chi connectivity index (χ0v) is 8.25. The summed E-state index contributed by atoms with van der Waals surface area (Å²) in [6, 6.07) is -0.253. The number of rotatable bonds is 3. The SMILES string of the molecule is CS(=O)N1CCOCC1CC(=O)O. The summed E-state index contributed by atoms with van der Waals surface area (Å²) in [4.78, 5) is 10.5. The van der Waals surface area contributed by atoms with Gasteiger partial charge in [0.15, 0.2) is 0 Å². The van der Waals surface area contributed by atoms with E-state index in [1.165, 1.54) is 0 Å². The van der Waals surface area contributed by atoms with Crippen LogP contribution in [0.2, 0.25) is 0 Å². The molecule has 1 aliphatic heterocycles. The first kappa shape index (κ1) is 10.6. The Balaban J connectivity index is 2.56. The third-order valence-electron chi connectivity index (χ3n) is 1.91. The Hall–Kier alpha value is -0.460. The van der Waals surface area contributed by atoms with Crippen LogP contribution in [-0.2, 0) is 20.5 Å². The normalized spacial score (nSPS) is 27.0. The molecule has 0 bridgehead atoms. The van der Waals surface area contributed by atoms with Gasteiger partial charge in [-0.05, 0) is 0 Å². The number of hydrogen-bond donors (Lipinski definition) is 1. The fourth-order valence-electron chi connectivity index (χ4n) is 1.34. The Morgan fingerprint density at radius 1 is 1.77 bits per heavy atom. The van der Waals surface area contributed by atoms with Crippen molar-refractivity contribution in [3.8, 4) is 0 Å². The molecule has 1 rings (SSSR count). The van der Waals surface area contributed by atoms with Gasteiger partial charge in [0, 0.05) is 12.8 Å². The molecule has 0 aliphatic carbocycles. The fourth-order valence-corrected chi connectivity index (χ4v) is 2.23. The molecule has 0 amide bonds. The summed E-state index contributed by atoms with van der Waals surface area (Å²) in [5, 5.41) is 8.58. The van der Waals surface area contributed by atoms with Gasteiger partial charge in [0.05, 0.1) is 36.7 Å². The van der Waals surface area contributed by atoms with Crippen LogP contribution in [0, 0.1) is 0 Å². The van der Waals surface area contributed by atoms with Gasteiger partial charge in [-0.25, -0.2) is 8.51 Å². The first-order valence-electron chi connectivity index (χ1n) is 4.01. The van der Waals surface area contributed by atoms with E-state index in [1.807, 2.05) is 0 Å². The first-order chi connectivity index (χ1) is 6.11. The summed E-state index contributed by atoms with van der Waals surface area (Å²) < 4.78 is 18.0. The van der Waals surface area contributed by atoms with Crippen molar-refractivity contribution in [2.45, 2.75) is 12.5 Å². The van der Waals surface area contributed by atoms with E-state index in [2.05, 4.69) is 0 Å². The quantitative estimate of drug-likeness (QED) is 0.674. The van der Waals surface area contributed by atoms with Crippen LogP contribution in [0.5, 0.6) is 0 Å². The smallest absolute Gasteiger partial charge is 0.305 e. The Bertz CT molecular complexity index is 221. The van der Waals surface area contributed by atoms with E-state index in [0.717, 1.165) is 0 Å². The lowest BCUT2D eigenvalue weighted by molar-refractivity contribution is -0.139. The van der Waals surface area contributed by atoms with Crippen molar-refractivity contribution in [3.05, 3.63) is 0 Å². The molecule has 0 saturated carbocycles. The lowest BCUT2D eigenvalue weighted by Gasteiger charge is -2.32. The molecule has 0 radical (unpaired) electrons. The van der Waals surface area contributed by atoms with Crippen LogP contribution in [0.15, 0.2) is 0 Å². The Morgan fingerprint density at radius 3 is 3.00 bits per heavy atom.